The molecule has 0 bridgehead atoms. The maximum Gasteiger partial charge on any atom is 0.246 e. The van der Waals surface area contributed by atoms with Crippen molar-refractivity contribution in [2.24, 2.45) is 5.73 Å². The predicted molar refractivity (Wildman–Crippen MR) is 82.5 cm³/mol. The molecule has 0 saturated carbocycles. The van der Waals surface area contributed by atoms with Crippen molar-refractivity contribution in [3.05, 3.63) is 27.7 Å². The van der Waals surface area contributed by atoms with E-state index in [-0.39, 0.29) is 21.5 Å². The van der Waals surface area contributed by atoms with Crippen molar-refractivity contribution in [1.82, 2.24) is 4.31 Å². The Hall–Kier alpha value is -0.770. The Balaban J connectivity index is 3.41. The summed E-state index contributed by atoms with van der Waals surface area (Å²) in [6.07, 6.45) is 0. The molecule has 1 aromatic rings. The first-order chi connectivity index (χ1) is 9.38. The Morgan fingerprint density at radius 1 is 1.20 bits per heavy atom. The van der Waals surface area contributed by atoms with Gasteiger partial charge in [0.15, 0.2) is 0 Å². The lowest BCUT2D eigenvalue weighted by atomic mass is 10.2. The lowest BCUT2D eigenvalue weighted by molar-refractivity contribution is 0.445. The number of benzene rings is 1. The van der Waals surface area contributed by atoms with Gasteiger partial charge in [-0.2, -0.15) is 4.31 Å². The highest BCUT2D eigenvalue weighted by Crippen LogP contribution is 2.32. The zero-order chi connectivity index (χ0) is 15.3. The van der Waals surface area contributed by atoms with Crippen LogP contribution in [0.1, 0.15) is 19.4 Å². The number of hydrogen-bond acceptors (Lipinski definition) is 3. The highest BCUT2D eigenvalue weighted by atomic mass is 35.5. The van der Waals surface area contributed by atoms with Gasteiger partial charge >= 0.3 is 0 Å². The van der Waals surface area contributed by atoms with Crippen molar-refractivity contribution in [2.75, 3.05) is 19.6 Å². The summed E-state index contributed by atoms with van der Waals surface area (Å²) in [6.45, 7) is 4.41. The van der Waals surface area contributed by atoms with E-state index in [1.165, 1.54) is 16.4 Å². The van der Waals surface area contributed by atoms with Gasteiger partial charge in [0.1, 0.15) is 4.90 Å². The van der Waals surface area contributed by atoms with Gasteiger partial charge in [0, 0.05) is 18.7 Å². The summed E-state index contributed by atoms with van der Waals surface area (Å²) < 4.78 is 26.2. The van der Waals surface area contributed by atoms with Gasteiger partial charge in [0.2, 0.25) is 10.0 Å². The van der Waals surface area contributed by atoms with Gasteiger partial charge in [0.05, 0.1) is 16.6 Å². The fourth-order valence-corrected chi connectivity index (χ4v) is 4.34. The van der Waals surface area contributed by atoms with Gasteiger partial charge in [-0.05, 0) is 12.1 Å². The Morgan fingerprint density at radius 3 is 2.10 bits per heavy atom. The molecule has 110 valence electrons. The highest BCUT2D eigenvalue weighted by Gasteiger charge is 2.27. The van der Waals surface area contributed by atoms with Gasteiger partial charge in [0.25, 0.3) is 0 Å². The van der Waals surface area contributed by atoms with Crippen LogP contribution >= 0.6 is 23.2 Å². The third-order valence-electron chi connectivity index (χ3n) is 2.64. The van der Waals surface area contributed by atoms with E-state index >= 15 is 0 Å². The van der Waals surface area contributed by atoms with E-state index in [0.717, 1.165) is 0 Å². The second kappa shape index (κ2) is 7.30. The van der Waals surface area contributed by atoms with Gasteiger partial charge < -0.3 is 5.73 Å². The van der Waals surface area contributed by atoms with Gasteiger partial charge in [-0.25, -0.2) is 8.42 Å². The van der Waals surface area contributed by atoms with Crippen LogP contribution in [0.15, 0.2) is 17.0 Å². The molecule has 0 aliphatic carbocycles. The first-order valence-corrected chi connectivity index (χ1v) is 8.26. The molecule has 0 saturated heterocycles. The predicted octanol–water partition coefficient (Wildman–Crippen LogP) is 2.33. The monoisotopic (exact) mass is 334 g/mol. The smallest absolute Gasteiger partial charge is 0.246 e. The molecule has 2 N–H and O–H groups in total. The Labute approximate surface area is 129 Å². The summed E-state index contributed by atoms with van der Waals surface area (Å²) in [7, 11) is -3.70. The molecule has 0 heterocycles. The van der Waals surface area contributed by atoms with E-state index in [4.69, 9.17) is 28.9 Å². The zero-order valence-electron chi connectivity index (χ0n) is 11.3. The van der Waals surface area contributed by atoms with E-state index in [2.05, 4.69) is 11.8 Å². The normalized spacial score (nSPS) is 11.3. The van der Waals surface area contributed by atoms with Crippen LogP contribution in [0.2, 0.25) is 10.0 Å². The van der Waals surface area contributed by atoms with Crippen molar-refractivity contribution >= 4 is 33.2 Å². The minimum Gasteiger partial charge on any atom is -0.320 e. The Morgan fingerprint density at radius 2 is 1.70 bits per heavy atom. The van der Waals surface area contributed by atoms with Gasteiger partial charge in [-0.3, -0.25) is 0 Å². The standard InChI is InChI=1S/C13H16Cl2N2O2S/c1-3-17(4-2)20(18,19)13-11(14)8-10(6-5-7-16)9-12(13)15/h8-9H,3-4,7,16H2,1-2H3. The molecule has 0 spiro atoms. The third kappa shape index (κ3) is 3.66. The fraction of sp³-hybridized carbons (Fsp3) is 0.385. The molecule has 0 aliphatic heterocycles. The molecular weight excluding hydrogens is 319 g/mol. The molecule has 7 heteroatoms. The summed E-state index contributed by atoms with van der Waals surface area (Å²) in [5.41, 5.74) is 5.82. The molecule has 0 atom stereocenters. The van der Waals surface area contributed by atoms with Crippen LogP contribution in [0, 0.1) is 11.8 Å². The van der Waals surface area contributed by atoms with Crippen LogP contribution in [0.4, 0.5) is 0 Å². The van der Waals surface area contributed by atoms with Crippen LogP contribution < -0.4 is 5.73 Å². The average Bonchev–Trinajstić information content (AvgIpc) is 2.36. The zero-order valence-corrected chi connectivity index (χ0v) is 13.6. The van der Waals surface area contributed by atoms with Gasteiger partial charge in [-0.1, -0.05) is 48.9 Å². The molecule has 4 nitrogen and oxygen atoms in total. The van der Waals surface area contributed by atoms with Crippen molar-refractivity contribution < 1.29 is 8.42 Å². The lowest BCUT2D eigenvalue weighted by Crippen LogP contribution is -2.31. The highest BCUT2D eigenvalue weighted by molar-refractivity contribution is 7.89. The first-order valence-electron chi connectivity index (χ1n) is 6.06. The number of nitrogens with two attached hydrogens (primary N) is 1. The molecule has 1 rings (SSSR count). The summed E-state index contributed by atoms with van der Waals surface area (Å²) in [6, 6.07) is 2.96. The quantitative estimate of drug-likeness (QED) is 0.859. The molecule has 0 amide bonds. The third-order valence-corrected chi connectivity index (χ3v) is 5.61. The van der Waals surface area contributed by atoms with E-state index in [0.29, 0.717) is 18.7 Å². The second-order valence-corrected chi connectivity index (χ2v) is 6.55. The maximum absolute atomic E-state index is 12.5. The molecule has 1 aromatic carbocycles. The van der Waals surface area contributed by atoms with E-state index in [1.807, 2.05) is 0 Å². The summed E-state index contributed by atoms with van der Waals surface area (Å²) in [4.78, 5) is -0.0807. The van der Waals surface area contributed by atoms with E-state index in [1.54, 1.807) is 13.8 Å². The molecule has 0 aliphatic rings. The maximum atomic E-state index is 12.5. The van der Waals surface area contributed by atoms with Crippen LogP contribution in [0.5, 0.6) is 0 Å². The van der Waals surface area contributed by atoms with Crippen LogP contribution in [-0.4, -0.2) is 32.4 Å². The largest absolute Gasteiger partial charge is 0.320 e. The van der Waals surface area contributed by atoms with Crippen molar-refractivity contribution in [1.29, 1.82) is 0 Å². The molecule has 20 heavy (non-hydrogen) atoms. The summed E-state index contributed by atoms with van der Waals surface area (Å²) in [5.74, 6) is 5.43. The van der Waals surface area contributed by atoms with Crippen molar-refractivity contribution in [3.8, 4) is 11.8 Å². The number of halogens is 2. The van der Waals surface area contributed by atoms with E-state index in [9.17, 15) is 8.42 Å². The lowest BCUT2D eigenvalue weighted by Gasteiger charge is -2.20. The number of rotatable bonds is 4. The SMILES string of the molecule is CCN(CC)S(=O)(=O)c1c(Cl)cc(C#CCN)cc1Cl. The molecule has 0 unspecified atom stereocenters. The van der Waals surface area contributed by atoms with Crippen LogP contribution in [-0.2, 0) is 10.0 Å². The second-order valence-electron chi connectivity index (χ2n) is 3.86. The topological polar surface area (TPSA) is 63.4 Å². The molecule has 0 aromatic heterocycles. The number of hydrogen-bond donors (Lipinski definition) is 1. The Kier molecular flexibility index (Phi) is 6.31. The minimum absolute atomic E-state index is 0.0609. The summed E-state index contributed by atoms with van der Waals surface area (Å²) >= 11 is 12.1. The Bertz CT molecular complexity index is 621. The van der Waals surface area contributed by atoms with Gasteiger partial charge in [-0.15, -0.1) is 0 Å². The van der Waals surface area contributed by atoms with Crippen LogP contribution in [0.25, 0.3) is 0 Å². The number of nitrogens with zero attached hydrogens (tertiary/aromatic N) is 1. The number of sulfonamides is 1. The van der Waals surface area contributed by atoms with E-state index < -0.39 is 10.0 Å². The minimum atomic E-state index is -3.70. The molecule has 0 radical (unpaired) electrons. The van der Waals surface area contributed by atoms with Crippen molar-refractivity contribution in [3.63, 3.8) is 0 Å². The first kappa shape index (κ1) is 17.3. The summed E-state index contributed by atoms with van der Waals surface area (Å²) in [5, 5.41) is 0.122. The van der Waals surface area contributed by atoms with Crippen LogP contribution in [0.3, 0.4) is 0 Å². The molecular formula is C13H16Cl2N2O2S. The average molecular weight is 335 g/mol. The molecule has 0 fully saturated rings. The fourth-order valence-electron chi connectivity index (χ4n) is 1.72. The van der Waals surface area contributed by atoms with Crippen molar-refractivity contribution in [2.45, 2.75) is 18.7 Å².